The molecule has 0 saturated carbocycles. The summed E-state index contributed by atoms with van der Waals surface area (Å²) in [5, 5.41) is 14.2. The van der Waals surface area contributed by atoms with E-state index in [0.29, 0.717) is 16.9 Å². The van der Waals surface area contributed by atoms with Gasteiger partial charge in [-0.3, -0.25) is 4.79 Å². The zero-order valence-electron chi connectivity index (χ0n) is 11.1. The third-order valence-electron chi connectivity index (χ3n) is 2.71. The standard InChI is InChI=1S/C15H14F2N2O2/c16-11-4-10(5-12(17)6-11)8-18-13-2-1-3-14(7-13)19-15(21)9-20/h1-7,18,20H,8-9H2,(H,19,21). The molecule has 0 aromatic heterocycles. The van der Waals surface area contributed by atoms with Crippen molar-refractivity contribution in [2.75, 3.05) is 17.2 Å². The van der Waals surface area contributed by atoms with Crippen molar-refractivity contribution in [1.29, 1.82) is 0 Å². The summed E-state index contributed by atoms with van der Waals surface area (Å²) in [4.78, 5) is 11.1. The first kappa shape index (κ1) is 14.9. The minimum absolute atomic E-state index is 0.242. The van der Waals surface area contributed by atoms with E-state index in [1.807, 2.05) is 0 Å². The molecule has 0 aliphatic carbocycles. The Bertz CT molecular complexity index is 627. The van der Waals surface area contributed by atoms with Crippen molar-refractivity contribution in [3.8, 4) is 0 Å². The Kier molecular flexibility index (Phi) is 4.84. The highest BCUT2D eigenvalue weighted by Gasteiger charge is 2.03. The fourth-order valence-electron chi connectivity index (χ4n) is 1.82. The van der Waals surface area contributed by atoms with Crippen LogP contribution in [0.5, 0.6) is 0 Å². The number of anilines is 2. The predicted octanol–water partition coefficient (Wildman–Crippen LogP) is 2.51. The van der Waals surface area contributed by atoms with Crippen molar-refractivity contribution < 1.29 is 18.7 Å². The minimum atomic E-state index is -0.629. The molecule has 2 aromatic carbocycles. The number of hydrogen-bond donors (Lipinski definition) is 3. The van der Waals surface area contributed by atoms with E-state index in [1.54, 1.807) is 24.3 Å². The highest BCUT2D eigenvalue weighted by Crippen LogP contribution is 2.16. The van der Waals surface area contributed by atoms with Gasteiger partial charge in [-0.1, -0.05) is 6.07 Å². The smallest absolute Gasteiger partial charge is 0.250 e. The molecule has 6 heteroatoms. The number of halogens is 2. The second kappa shape index (κ2) is 6.81. The Morgan fingerprint density at radius 3 is 2.38 bits per heavy atom. The van der Waals surface area contributed by atoms with Gasteiger partial charge in [0.25, 0.3) is 0 Å². The van der Waals surface area contributed by atoms with Crippen LogP contribution in [0.15, 0.2) is 42.5 Å². The number of amides is 1. The highest BCUT2D eigenvalue weighted by molar-refractivity contribution is 5.91. The molecule has 0 bridgehead atoms. The summed E-state index contributed by atoms with van der Waals surface area (Å²) in [6.07, 6.45) is 0. The van der Waals surface area contributed by atoms with Gasteiger partial charge in [0.15, 0.2) is 0 Å². The predicted molar refractivity (Wildman–Crippen MR) is 75.8 cm³/mol. The van der Waals surface area contributed by atoms with Crippen LogP contribution >= 0.6 is 0 Å². The van der Waals surface area contributed by atoms with Gasteiger partial charge < -0.3 is 15.7 Å². The monoisotopic (exact) mass is 292 g/mol. The largest absolute Gasteiger partial charge is 0.387 e. The summed E-state index contributed by atoms with van der Waals surface area (Å²) >= 11 is 0. The van der Waals surface area contributed by atoms with Crippen LogP contribution in [0.1, 0.15) is 5.56 Å². The summed E-state index contributed by atoms with van der Waals surface area (Å²) < 4.78 is 26.1. The Morgan fingerprint density at radius 1 is 1.05 bits per heavy atom. The number of nitrogens with one attached hydrogen (secondary N) is 2. The Morgan fingerprint density at radius 2 is 1.71 bits per heavy atom. The lowest BCUT2D eigenvalue weighted by Crippen LogP contribution is -2.15. The van der Waals surface area contributed by atoms with E-state index in [1.165, 1.54) is 12.1 Å². The molecule has 0 radical (unpaired) electrons. The van der Waals surface area contributed by atoms with Crippen LogP contribution in [-0.4, -0.2) is 17.6 Å². The average molecular weight is 292 g/mol. The molecule has 110 valence electrons. The maximum atomic E-state index is 13.1. The summed E-state index contributed by atoms with van der Waals surface area (Å²) in [6, 6.07) is 10.1. The van der Waals surface area contributed by atoms with E-state index in [4.69, 9.17) is 5.11 Å². The third-order valence-corrected chi connectivity index (χ3v) is 2.71. The van der Waals surface area contributed by atoms with Gasteiger partial charge in [0.05, 0.1) is 0 Å². The quantitative estimate of drug-likeness (QED) is 0.793. The van der Waals surface area contributed by atoms with Crippen molar-refractivity contribution in [2.24, 2.45) is 0 Å². The summed E-state index contributed by atoms with van der Waals surface area (Å²) in [5.41, 5.74) is 1.66. The lowest BCUT2D eigenvalue weighted by molar-refractivity contribution is -0.118. The van der Waals surface area contributed by atoms with Crippen molar-refractivity contribution in [1.82, 2.24) is 0 Å². The van der Waals surface area contributed by atoms with Gasteiger partial charge in [0.2, 0.25) is 5.91 Å². The molecule has 0 aliphatic rings. The number of carbonyl (C=O) groups is 1. The first-order chi connectivity index (χ1) is 10.1. The molecule has 0 aliphatic heterocycles. The summed E-state index contributed by atoms with van der Waals surface area (Å²) in [6.45, 7) is -0.355. The fraction of sp³-hybridized carbons (Fsp3) is 0.133. The maximum Gasteiger partial charge on any atom is 0.250 e. The Hall–Kier alpha value is -2.47. The molecule has 0 spiro atoms. The van der Waals surface area contributed by atoms with E-state index >= 15 is 0 Å². The molecule has 0 unspecified atom stereocenters. The SMILES string of the molecule is O=C(CO)Nc1cccc(NCc2cc(F)cc(F)c2)c1. The lowest BCUT2D eigenvalue weighted by Gasteiger charge is -2.09. The average Bonchev–Trinajstić information content (AvgIpc) is 2.44. The molecule has 0 atom stereocenters. The van der Waals surface area contributed by atoms with Crippen LogP contribution in [0.4, 0.5) is 20.2 Å². The minimum Gasteiger partial charge on any atom is -0.387 e. The summed E-state index contributed by atoms with van der Waals surface area (Å²) in [7, 11) is 0. The molecule has 1 amide bonds. The van der Waals surface area contributed by atoms with E-state index in [0.717, 1.165) is 6.07 Å². The van der Waals surface area contributed by atoms with Crippen LogP contribution < -0.4 is 10.6 Å². The van der Waals surface area contributed by atoms with Gasteiger partial charge >= 0.3 is 0 Å². The van der Waals surface area contributed by atoms with Crippen molar-refractivity contribution in [3.05, 3.63) is 59.7 Å². The topological polar surface area (TPSA) is 61.4 Å². The van der Waals surface area contributed by atoms with E-state index in [-0.39, 0.29) is 6.54 Å². The third kappa shape index (κ3) is 4.54. The molecule has 2 aromatic rings. The van der Waals surface area contributed by atoms with Crippen molar-refractivity contribution in [2.45, 2.75) is 6.54 Å². The van der Waals surface area contributed by atoms with E-state index in [9.17, 15) is 13.6 Å². The van der Waals surface area contributed by atoms with Crippen LogP contribution in [0.3, 0.4) is 0 Å². The highest BCUT2D eigenvalue weighted by atomic mass is 19.1. The van der Waals surface area contributed by atoms with Crippen LogP contribution in [-0.2, 0) is 11.3 Å². The molecule has 3 N–H and O–H groups in total. The van der Waals surface area contributed by atoms with Crippen LogP contribution in [0.2, 0.25) is 0 Å². The first-order valence-electron chi connectivity index (χ1n) is 6.26. The molecular weight excluding hydrogens is 278 g/mol. The van der Waals surface area contributed by atoms with Gasteiger partial charge in [-0.15, -0.1) is 0 Å². The number of aliphatic hydroxyl groups excluding tert-OH is 1. The normalized spacial score (nSPS) is 10.2. The zero-order chi connectivity index (χ0) is 15.2. The molecule has 21 heavy (non-hydrogen) atoms. The lowest BCUT2D eigenvalue weighted by atomic mass is 10.2. The molecule has 0 saturated heterocycles. The van der Waals surface area contributed by atoms with Gasteiger partial charge in [-0.25, -0.2) is 8.78 Å². The van der Waals surface area contributed by atoms with Crippen LogP contribution in [0.25, 0.3) is 0 Å². The number of aliphatic hydroxyl groups is 1. The van der Waals surface area contributed by atoms with Crippen LogP contribution in [0, 0.1) is 11.6 Å². The molecular formula is C15H14F2N2O2. The van der Waals surface area contributed by atoms with Gasteiger partial charge in [-0.05, 0) is 35.9 Å². The molecule has 0 heterocycles. The van der Waals surface area contributed by atoms with Crippen molar-refractivity contribution in [3.63, 3.8) is 0 Å². The van der Waals surface area contributed by atoms with Gasteiger partial charge in [-0.2, -0.15) is 0 Å². The van der Waals surface area contributed by atoms with E-state index < -0.39 is 24.1 Å². The van der Waals surface area contributed by atoms with E-state index in [2.05, 4.69) is 10.6 Å². The molecule has 2 rings (SSSR count). The second-order valence-corrected chi connectivity index (χ2v) is 4.42. The zero-order valence-corrected chi connectivity index (χ0v) is 11.1. The molecule has 4 nitrogen and oxygen atoms in total. The number of hydrogen-bond acceptors (Lipinski definition) is 3. The first-order valence-corrected chi connectivity index (χ1v) is 6.26. The van der Waals surface area contributed by atoms with Gasteiger partial charge in [0.1, 0.15) is 18.2 Å². The summed E-state index contributed by atoms with van der Waals surface area (Å²) in [5.74, 6) is -1.77. The fourth-order valence-corrected chi connectivity index (χ4v) is 1.82. The maximum absolute atomic E-state index is 13.1. The van der Waals surface area contributed by atoms with Crippen molar-refractivity contribution >= 4 is 17.3 Å². The Labute approximate surface area is 120 Å². The number of carbonyl (C=O) groups excluding carboxylic acids is 1. The second-order valence-electron chi connectivity index (χ2n) is 4.42. The van der Waals surface area contributed by atoms with Gasteiger partial charge in [0, 0.05) is 24.0 Å². The number of rotatable bonds is 5. The molecule has 0 fully saturated rings. The number of benzene rings is 2. The Balaban J connectivity index is 2.02.